The fraction of sp³-hybridized carbons (Fsp3) is 0.292. The zero-order valence-corrected chi connectivity index (χ0v) is 17.0. The molecule has 1 aliphatic rings. The van der Waals surface area contributed by atoms with Gasteiger partial charge >= 0.3 is 0 Å². The van der Waals surface area contributed by atoms with E-state index in [-0.39, 0.29) is 5.91 Å². The van der Waals surface area contributed by atoms with Crippen molar-refractivity contribution in [1.29, 1.82) is 0 Å². The number of nitrogens with one attached hydrogen (secondary N) is 1. The van der Waals surface area contributed by atoms with Crippen LogP contribution in [0.3, 0.4) is 0 Å². The van der Waals surface area contributed by atoms with Gasteiger partial charge in [0.1, 0.15) is 12.1 Å². The molecule has 1 amide bonds. The zero-order chi connectivity index (χ0) is 20.6. The first-order valence-corrected chi connectivity index (χ1v) is 10.4. The lowest BCUT2D eigenvalue weighted by atomic mass is 10.1. The van der Waals surface area contributed by atoms with Crippen molar-refractivity contribution in [3.05, 3.63) is 78.1 Å². The molecule has 154 valence electrons. The summed E-state index contributed by atoms with van der Waals surface area (Å²) < 4.78 is 5.41. The minimum absolute atomic E-state index is 0.0497. The number of rotatable bonds is 7. The van der Waals surface area contributed by atoms with Crippen molar-refractivity contribution < 1.29 is 9.53 Å². The number of hydrogen-bond acceptors (Lipinski definition) is 5. The molecule has 0 bridgehead atoms. The number of amides is 1. The van der Waals surface area contributed by atoms with Gasteiger partial charge < -0.3 is 15.0 Å². The minimum atomic E-state index is -0.0497. The molecule has 3 aromatic rings. The van der Waals surface area contributed by atoms with Gasteiger partial charge in [0, 0.05) is 36.8 Å². The van der Waals surface area contributed by atoms with E-state index in [0.29, 0.717) is 25.3 Å². The molecule has 0 radical (unpaired) electrons. The molecule has 0 atom stereocenters. The number of nitrogens with zero attached hydrogens (tertiary/aromatic N) is 3. The molecule has 30 heavy (non-hydrogen) atoms. The number of ether oxygens (including phenoxy) is 1. The van der Waals surface area contributed by atoms with Gasteiger partial charge in [-0.1, -0.05) is 42.5 Å². The number of carbonyl (C=O) groups is 1. The number of benzene rings is 2. The van der Waals surface area contributed by atoms with Crippen LogP contribution in [0.5, 0.6) is 0 Å². The second kappa shape index (κ2) is 9.98. The van der Waals surface area contributed by atoms with E-state index in [1.165, 1.54) is 5.56 Å². The number of aromatic nitrogens is 2. The Hall–Kier alpha value is -3.25. The van der Waals surface area contributed by atoms with Gasteiger partial charge in [-0.25, -0.2) is 9.97 Å². The van der Waals surface area contributed by atoms with Crippen molar-refractivity contribution in [2.75, 3.05) is 37.7 Å². The van der Waals surface area contributed by atoms with Crippen LogP contribution in [-0.4, -0.2) is 48.7 Å². The van der Waals surface area contributed by atoms with Gasteiger partial charge in [-0.3, -0.25) is 4.79 Å². The third kappa shape index (κ3) is 5.21. The van der Waals surface area contributed by atoms with Crippen molar-refractivity contribution in [3.63, 3.8) is 0 Å². The summed E-state index contributed by atoms with van der Waals surface area (Å²) in [6.07, 6.45) is 3.46. The van der Waals surface area contributed by atoms with E-state index in [1.807, 2.05) is 48.5 Å². The highest BCUT2D eigenvalue weighted by atomic mass is 16.5. The molecule has 6 heteroatoms. The molecular weight excluding hydrogens is 376 g/mol. The van der Waals surface area contributed by atoms with Gasteiger partial charge in [-0.15, -0.1) is 0 Å². The highest BCUT2D eigenvalue weighted by molar-refractivity contribution is 5.94. The maximum Gasteiger partial charge on any atom is 0.251 e. The number of morpholine rings is 1. The Balaban J connectivity index is 1.32. The van der Waals surface area contributed by atoms with Crippen LogP contribution in [0.4, 0.5) is 5.82 Å². The van der Waals surface area contributed by atoms with Gasteiger partial charge in [-0.2, -0.15) is 0 Å². The van der Waals surface area contributed by atoms with Gasteiger partial charge in [-0.05, 0) is 30.5 Å². The highest BCUT2D eigenvalue weighted by Gasteiger charge is 2.14. The molecule has 1 aliphatic heterocycles. The highest BCUT2D eigenvalue weighted by Crippen LogP contribution is 2.22. The lowest BCUT2D eigenvalue weighted by Gasteiger charge is -2.27. The van der Waals surface area contributed by atoms with Crippen LogP contribution in [0, 0.1) is 0 Å². The van der Waals surface area contributed by atoms with Crippen molar-refractivity contribution in [2.24, 2.45) is 0 Å². The van der Waals surface area contributed by atoms with Gasteiger partial charge in [0.25, 0.3) is 5.91 Å². The Labute approximate surface area is 176 Å². The number of hydrogen-bond donors (Lipinski definition) is 1. The van der Waals surface area contributed by atoms with Crippen LogP contribution >= 0.6 is 0 Å². The number of anilines is 1. The summed E-state index contributed by atoms with van der Waals surface area (Å²) in [6, 6.07) is 19.9. The van der Waals surface area contributed by atoms with E-state index in [0.717, 1.165) is 43.0 Å². The Morgan fingerprint density at radius 3 is 2.53 bits per heavy atom. The molecule has 2 heterocycles. The smallest absolute Gasteiger partial charge is 0.251 e. The molecule has 0 saturated carbocycles. The minimum Gasteiger partial charge on any atom is -0.378 e. The average molecular weight is 402 g/mol. The van der Waals surface area contributed by atoms with Crippen LogP contribution in [-0.2, 0) is 11.2 Å². The Bertz CT molecular complexity index is 954. The molecular formula is C24H26N4O2. The summed E-state index contributed by atoms with van der Waals surface area (Å²) in [5.74, 6) is 0.856. The Kier molecular flexibility index (Phi) is 6.67. The van der Waals surface area contributed by atoms with Crippen molar-refractivity contribution in [2.45, 2.75) is 12.8 Å². The first-order valence-electron chi connectivity index (χ1n) is 10.4. The normalized spacial score (nSPS) is 13.8. The van der Waals surface area contributed by atoms with E-state index in [4.69, 9.17) is 4.74 Å². The van der Waals surface area contributed by atoms with Crippen molar-refractivity contribution in [3.8, 4) is 11.3 Å². The average Bonchev–Trinajstić information content (AvgIpc) is 2.83. The first kappa shape index (κ1) is 20.0. The second-order valence-corrected chi connectivity index (χ2v) is 7.28. The SMILES string of the molecule is O=C(NCCCc1ccccc1)c1ccc(-c2cc(N3CCOCC3)ncn2)cc1. The summed E-state index contributed by atoms with van der Waals surface area (Å²) in [5.41, 5.74) is 3.76. The van der Waals surface area contributed by atoms with E-state index in [2.05, 4.69) is 32.3 Å². The van der Waals surface area contributed by atoms with Crippen LogP contribution in [0.2, 0.25) is 0 Å². The molecule has 0 aliphatic carbocycles. The second-order valence-electron chi connectivity index (χ2n) is 7.28. The Morgan fingerprint density at radius 1 is 1.00 bits per heavy atom. The van der Waals surface area contributed by atoms with E-state index >= 15 is 0 Å². The number of aryl methyl sites for hydroxylation is 1. The molecule has 2 aromatic carbocycles. The molecule has 1 saturated heterocycles. The van der Waals surface area contributed by atoms with Gasteiger partial charge in [0.05, 0.1) is 18.9 Å². The molecule has 1 fully saturated rings. The molecule has 1 N–H and O–H groups in total. The predicted molar refractivity (Wildman–Crippen MR) is 118 cm³/mol. The standard InChI is InChI=1S/C24H26N4O2/c29-24(25-12-4-7-19-5-2-1-3-6-19)21-10-8-20(9-11-21)22-17-23(27-18-26-22)28-13-15-30-16-14-28/h1-3,5-6,8-11,17-18H,4,7,12-16H2,(H,25,29). The molecule has 0 spiro atoms. The van der Waals surface area contributed by atoms with Gasteiger partial charge in [0.2, 0.25) is 0 Å². The fourth-order valence-corrected chi connectivity index (χ4v) is 3.50. The van der Waals surface area contributed by atoms with Gasteiger partial charge in [0.15, 0.2) is 0 Å². The topological polar surface area (TPSA) is 67.4 Å². The van der Waals surface area contributed by atoms with Crippen LogP contribution in [0.1, 0.15) is 22.3 Å². The third-order valence-corrected chi connectivity index (χ3v) is 5.20. The Morgan fingerprint density at radius 2 is 1.77 bits per heavy atom. The lowest BCUT2D eigenvalue weighted by molar-refractivity contribution is 0.0953. The maximum absolute atomic E-state index is 12.4. The third-order valence-electron chi connectivity index (χ3n) is 5.20. The molecule has 1 aromatic heterocycles. The lowest BCUT2D eigenvalue weighted by Crippen LogP contribution is -2.36. The predicted octanol–water partition coefficient (Wildman–Crippen LogP) is 3.34. The molecule has 0 unspecified atom stereocenters. The van der Waals surface area contributed by atoms with E-state index in [9.17, 15) is 4.79 Å². The van der Waals surface area contributed by atoms with Crippen molar-refractivity contribution in [1.82, 2.24) is 15.3 Å². The van der Waals surface area contributed by atoms with E-state index in [1.54, 1.807) is 6.33 Å². The summed E-state index contributed by atoms with van der Waals surface area (Å²) in [5, 5.41) is 3.00. The fourth-order valence-electron chi connectivity index (χ4n) is 3.50. The number of carbonyl (C=O) groups excluding carboxylic acids is 1. The summed E-state index contributed by atoms with van der Waals surface area (Å²) in [6.45, 7) is 3.76. The summed E-state index contributed by atoms with van der Waals surface area (Å²) in [4.78, 5) is 23.4. The van der Waals surface area contributed by atoms with Crippen LogP contribution in [0.25, 0.3) is 11.3 Å². The molecule has 4 rings (SSSR count). The summed E-state index contributed by atoms with van der Waals surface area (Å²) in [7, 11) is 0. The first-order chi connectivity index (χ1) is 14.8. The van der Waals surface area contributed by atoms with Crippen LogP contribution in [0.15, 0.2) is 67.0 Å². The molecule has 6 nitrogen and oxygen atoms in total. The zero-order valence-electron chi connectivity index (χ0n) is 17.0. The maximum atomic E-state index is 12.4. The quantitative estimate of drug-likeness (QED) is 0.614. The van der Waals surface area contributed by atoms with Crippen LogP contribution < -0.4 is 10.2 Å². The van der Waals surface area contributed by atoms with E-state index < -0.39 is 0 Å². The summed E-state index contributed by atoms with van der Waals surface area (Å²) >= 11 is 0. The monoisotopic (exact) mass is 402 g/mol. The largest absolute Gasteiger partial charge is 0.378 e. The van der Waals surface area contributed by atoms with Crippen molar-refractivity contribution >= 4 is 11.7 Å².